The summed E-state index contributed by atoms with van der Waals surface area (Å²) in [5.74, 6) is -3.53. The van der Waals surface area contributed by atoms with Crippen molar-refractivity contribution in [3.8, 4) is 0 Å². The number of benzene rings is 1. The minimum atomic E-state index is -4.84. The van der Waals surface area contributed by atoms with Gasteiger partial charge >= 0.3 is 0 Å². The number of rotatable bonds is 3. The zero-order valence-electron chi connectivity index (χ0n) is 14.7. The van der Waals surface area contributed by atoms with Crippen LogP contribution in [0.4, 0.5) is 0 Å². The third kappa shape index (κ3) is 3.22. The van der Waals surface area contributed by atoms with Gasteiger partial charge in [0.25, 0.3) is 0 Å². The summed E-state index contributed by atoms with van der Waals surface area (Å²) >= 11 is 5.88. The average molecular weight is 333 g/mol. The summed E-state index contributed by atoms with van der Waals surface area (Å²) in [5.41, 5.74) is -0.357. The topological polar surface area (TPSA) is 85.3 Å². The molecule has 112 valence electrons. The van der Waals surface area contributed by atoms with Crippen LogP contribution in [0.5, 0.6) is 0 Å². The fourth-order valence-corrected chi connectivity index (χ4v) is 2.95. The molecule has 0 spiro atoms. The molecular weight excluding hydrogens is 316 g/mol. The molecule has 0 saturated heterocycles. The standard InChI is InChI=1S/C14H13ClO5S/c1-21(19,20)8-5-6-9(10(15)7-8)14(18)13-11(16)3-2-4-12(13)17/h5-7,13H,2-4H2,1H3/i1D3,7D. The minimum Gasteiger partial charge on any atom is -0.298 e. The summed E-state index contributed by atoms with van der Waals surface area (Å²) in [6.07, 6.45) is -2.90. The second kappa shape index (κ2) is 5.69. The van der Waals surface area contributed by atoms with E-state index in [0.717, 1.165) is 12.1 Å². The summed E-state index contributed by atoms with van der Waals surface area (Å²) in [4.78, 5) is 35.4. The van der Waals surface area contributed by atoms with Crippen molar-refractivity contribution >= 4 is 38.8 Å². The van der Waals surface area contributed by atoms with Crippen molar-refractivity contribution in [2.24, 2.45) is 5.92 Å². The van der Waals surface area contributed by atoms with Crippen molar-refractivity contribution in [3.05, 3.63) is 28.8 Å². The smallest absolute Gasteiger partial charge is 0.182 e. The SMILES string of the molecule is [2H]c1c(S(=O)(=O)C([2H])([2H])[2H])ccc(C(=O)C2C(=O)CCCC2=O)c1Cl. The van der Waals surface area contributed by atoms with Gasteiger partial charge in [-0.25, -0.2) is 8.42 Å². The molecule has 0 N–H and O–H groups in total. The number of Topliss-reactive ketones (excluding diaryl/α,β-unsaturated/α-hetero) is 3. The molecule has 0 amide bonds. The highest BCUT2D eigenvalue weighted by molar-refractivity contribution is 7.90. The molecule has 0 heterocycles. The van der Waals surface area contributed by atoms with Crippen LogP contribution in [0.25, 0.3) is 0 Å². The molecule has 0 bridgehead atoms. The van der Waals surface area contributed by atoms with Crippen LogP contribution in [0.1, 0.15) is 35.1 Å². The van der Waals surface area contributed by atoms with Gasteiger partial charge in [0.05, 0.1) is 11.3 Å². The lowest BCUT2D eigenvalue weighted by Crippen LogP contribution is -2.35. The van der Waals surface area contributed by atoms with Crippen molar-refractivity contribution < 1.29 is 28.3 Å². The number of carbonyl (C=O) groups is 3. The van der Waals surface area contributed by atoms with Gasteiger partial charge in [0, 0.05) is 28.7 Å². The van der Waals surface area contributed by atoms with E-state index in [-0.39, 0.29) is 18.4 Å². The number of hydrogen-bond donors (Lipinski definition) is 0. The number of hydrogen-bond acceptors (Lipinski definition) is 5. The van der Waals surface area contributed by atoms with E-state index in [1.807, 2.05) is 0 Å². The Bertz CT molecular complexity index is 860. The Morgan fingerprint density at radius 2 is 1.95 bits per heavy atom. The van der Waals surface area contributed by atoms with E-state index < -0.39 is 55.2 Å². The van der Waals surface area contributed by atoms with Crippen molar-refractivity contribution in [1.82, 2.24) is 0 Å². The van der Waals surface area contributed by atoms with Crippen LogP contribution in [0.2, 0.25) is 5.02 Å². The van der Waals surface area contributed by atoms with Gasteiger partial charge in [-0.15, -0.1) is 0 Å². The van der Waals surface area contributed by atoms with Crippen molar-refractivity contribution in [3.63, 3.8) is 0 Å². The van der Waals surface area contributed by atoms with Gasteiger partial charge in [-0.3, -0.25) is 14.4 Å². The Morgan fingerprint density at radius 3 is 2.52 bits per heavy atom. The first-order valence-corrected chi connectivity index (χ1v) is 7.89. The molecule has 1 aliphatic carbocycles. The second-order valence-electron chi connectivity index (χ2n) is 4.64. The molecule has 0 atom stereocenters. The number of sulfone groups is 1. The molecule has 5 nitrogen and oxygen atoms in total. The van der Waals surface area contributed by atoms with Crippen molar-refractivity contribution in [2.75, 3.05) is 6.18 Å². The highest BCUT2D eigenvalue weighted by Gasteiger charge is 2.37. The summed E-state index contributed by atoms with van der Waals surface area (Å²) < 4.78 is 52.9. The Balaban J connectivity index is 2.53. The fraction of sp³-hybridized carbons (Fsp3) is 0.357. The monoisotopic (exact) mass is 332 g/mol. The molecule has 1 fully saturated rings. The van der Waals surface area contributed by atoms with Crippen molar-refractivity contribution in [1.29, 1.82) is 0 Å². The normalized spacial score (nSPS) is 20.4. The van der Waals surface area contributed by atoms with Gasteiger partial charge in [0.2, 0.25) is 0 Å². The Hall–Kier alpha value is -1.53. The summed E-state index contributed by atoms with van der Waals surface area (Å²) in [6, 6.07) is 0.844. The van der Waals surface area contributed by atoms with E-state index >= 15 is 0 Å². The van der Waals surface area contributed by atoms with E-state index in [2.05, 4.69) is 0 Å². The molecule has 1 aromatic rings. The lowest BCUT2D eigenvalue weighted by Gasteiger charge is -2.18. The van der Waals surface area contributed by atoms with E-state index in [1.54, 1.807) is 0 Å². The molecule has 0 aliphatic heterocycles. The predicted octanol–water partition coefficient (Wildman–Crippen LogP) is 1.86. The third-order valence-electron chi connectivity index (χ3n) is 3.18. The van der Waals surface area contributed by atoms with Gasteiger partial charge in [0.1, 0.15) is 5.92 Å². The minimum absolute atomic E-state index is 0.0685. The van der Waals surface area contributed by atoms with Crippen LogP contribution >= 0.6 is 11.6 Å². The van der Waals surface area contributed by atoms with Gasteiger partial charge in [-0.05, 0) is 24.6 Å². The number of ketones is 3. The van der Waals surface area contributed by atoms with Crippen molar-refractivity contribution in [2.45, 2.75) is 24.2 Å². The summed E-state index contributed by atoms with van der Waals surface area (Å²) in [5, 5.41) is -0.610. The molecule has 1 aromatic carbocycles. The van der Waals surface area contributed by atoms with Gasteiger partial charge in [0.15, 0.2) is 27.2 Å². The van der Waals surface area contributed by atoms with Crippen LogP contribution in [0.3, 0.4) is 0 Å². The van der Waals surface area contributed by atoms with Crippen LogP contribution in [0.15, 0.2) is 23.1 Å². The summed E-state index contributed by atoms with van der Waals surface area (Å²) in [7, 11) is -4.84. The van der Waals surface area contributed by atoms with Crippen LogP contribution < -0.4 is 0 Å². The average Bonchev–Trinajstić information content (AvgIpc) is 2.48. The van der Waals surface area contributed by atoms with E-state index in [4.69, 9.17) is 17.1 Å². The Labute approximate surface area is 132 Å². The lowest BCUT2D eigenvalue weighted by molar-refractivity contribution is -0.133. The number of carbonyl (C=O) groups excluding carboxylic acids is 3. The lowest BCUT2D eigenvalue weighted by atomic mass is 9.82. The third-order valence-corrected chi connectivity index (χ3v) is 4.29. The largest absolute Gasteiger partial charge is 0.298 e. The molecule has 1 aliphatic rings. The van der Waals surface area contributed by atoms with Crippen LogP contribution in [0, 0.1) is 5.92 Å². The quantitative estimate of drug-likeness (QED) is 0.623. The molecule has 21 heavy (non-hydrogen) atoms. The van der Waals surface area contributed by atoms with E-state index in [9.17, 15) is 22.8 Å². The summed E-state index contributed by atoms with van der Waals surface area (Å²) in [6.45, 7) is 0. The molecule has 2 rings (SSSR count). The molecule has 0 unspecified atom stereocenters. The van der Waals surface area contributed by atoms with Gasteiger partial charge < -0.3 is 0 Å². The van der Waals surface area contributed by atoms with E-state index in [1.165, 1.54) is 0 Å². The van der Waals surface area contributed by atoms with Gasteiger partial charge in [-0.1, -0.05) is 11.6 Å². The molecular formula is C14H13ClO5S. The van der Waals surface area contributed by atoms with Crippen LogP contribution in [-0.2, 0) is 19.4 Å². The molecule has 7 heteroatoms. The zero-order chi connectivity index (χ0) is 19.2. The first-order valence-electron chi connectivity index (χ1n) is 8.03. The first-order chi connectivity index (χ1) is 11.4. The van der Waals surface area contributed by atoms with Gasteiger partial charge in [-0.2, -0.15) is 0 Å². The highest BCUT2D eigenvalue weighted by atomic mass is 35.5. The molecule has 0 aromatic heterocycles. The second-order valence-corrected chi connectivity index (χ2v) is 6.46. The fourth-order valence-electron chi connectivity index (χ4n) is 2.15. The zero-order valence-corrected chi connectivity index (χ0v) is 12.3. The molecule has 0 radical (unpaired) electrons. The number of halogens is 1. The highest BCUT2D eigenvalue weighted by Crippen LogP contribution is 2.27. The Kier molecular flexibility index (Phi) is 3.01. The first kappa shape index (κ1) is 11.1. The maximum atomic E-state index is 12.5. The maximum absolute atomic E-state index is 12.5. The molecule has 1 saturated carbocycles. The Morgan fingerprint density at radius 1 is 1.33 bits per heavy atom. The maximum Gasteiger partial charge on any atom is 0.182 e. The van der Waals surface area contributed by atoms with Crippen LogP contribution in [-0.4, -0.2) is 32.0 Å². The predicted molar refractivity (Wildman–Crippen MR) is 76.2 cm³/mol. The van der Waals surface area contributed by atoms with E-state index in [0.29, 0.717) is 6.42 Å².